The summed E-state index contributed by atoms with van der Waals surface area (Å²) in [7, 11) is 0. The quantitative estimate of drug-likeness (QED) is 0.702. The van der Waals surface area contributed by atoms with E-state index in [1.165, 1.54) is 21.9 Å². The van der Waals surface area contributed by atoms with E-state index in [-0.39, 0.29) is 43.8 Å². The number of alkyl halides is 3. The SMILES string of the molecule is C[C@@H]1COCC[N+]1=C1CC(=O)N2CC[C@@H](C(F)(F)F)[N+](Cc3cncc(Cl)c3)=C2N1. The highest BCUT2D eigenvalue weighted by Gasteiger charge is 2.52. The van der Waals surface area contributed by atoms with Crippen LogP contribution in [0.15, 0.2) is 18.5 Å². The summed E-state index contributed by atoms with van der Waals surface area (Å²) in [5.74, 6) is 0.555. The molecule has 0 aliphatic carbocycles. The zero-order valence-electron chi connectivity index (χ0n) is 16.5. The normalized spacial score (nSPS) is 27.8. The molecule has 0 spiro atoms. The fourth-order valence-electron chi connectivity index (χ4n) is 4.18. The molecule has 3 aliphatic rings. The van der Waals surface area contributed by atoms with E-state index in [1.807, 2.05) is 11.5 Å². The second kappa shape index (κ2) is 8.14. The molecule has 3 aliphatic heterocycles. The van der Waals surface area contributed by atoms with Crippen LogP contribution in [0.1, 0.15) is 25.3 Å². The fraction of sp³-hybridized carbons (Fsp3) is 0.579. The molecular weight excluding hydrogens is 423 g/mol. The van der Waals surface area contributed by atoms with E-state index in [0.717, 1.165) is 0 Å². The van der Waals surface area contributed by atoms with Crippen molar-refractivity contribution in [2.24, 2.45) is 0 Å². The molecule has 0 radical (unpaired) electrons. The van der Waals surface area contributed by atoms with E-state index >= 15 is 0 Å². The van der Waals surface area contributed by atoms with E-state index in [4.69, 9.17) is 16.3 Å². The molecule has 2 atom stereocenters. The molecule has 2 fully saturated rings. The zero-order chi connectivity index (χ0) is 21.5. The Morgan fingerprint density at radius 3 is 2.90 bits per heavy atom. The van der Waals surface area contributed by atoms with Crippen molar-refractivity contribution in [1.82, 2.24) is 15.2 Å². The van der Waals surface area contributed by atoms with Crippen LogP contribution >= 0.6 is 11.6 Å². The van der Waals surface area contributed by atoms with E-state index in [2.05, 4.69) is 10.3 Å². The Morgan fingerprint density at radius 2 is 2.20 bits per heavy atom. The van der Waals surface area contributed by atoms with Crippen LogP contribution in [0, 0.1) is 0 Å². The standard InChI is InChI=1S/C19H22ClF3N5O2/c1-12-11-30-5-4-26(12)16-7-17(29)27-3-2-15(19(21,22)23)28(18(27)25-16)10-13-6-14(20)9-24-8-13/h6,8-9,12,15H,2-5,7,10-11H2,1H3/q+1/p+1/t12-,15+/m1/s1. The van der Waals surface area contributed by atoms with Gasteiger partial charge < -0.3 is 4.74 Å². The van der Waals surface area contributed by atoms with Gasteiger partial charge in [0.15, 0.2) is 6.04 Å². The molecule has 7 nitrogen and oxygen atoms in total. The van der Waals surface area contributed by atoms with Crippen molar-refractivity contribution >= 4 is 29.3 Å². The van der Waals surface area contributed by atoms with Crippen molar-refractivity contribution in [1.29, 1.82) is 0 Å². The third kappa shape index (κ3) is 4.15. The third-order valence-corrected chi connectivity index (χ3v) is 5.82. The molecule has 0 saturated carbocycles. The molecule has 0 bridgehead atoms. The van der Waals surface area contributed by atoms with Gasteiger partial charge in [0.25, 0.3) is 5.91 Å². The number of carbonyl (C=O) groups excluding carboxylic acids is 1. The lowest BCUT2D eigenvalue weighted by atomic mass is 10.1. The van der Waals surface area contributed by atoms with Gasteiger partial charge in [-0.1, -0.05) is 11.6 Å². The van der Waals surface area contributed by atoms with E-state index in [1.54, 1.807) is 6.07 Å². The molecule has 1 N–H and O–H groups in total. The molecule has 1 aromatic heterocycles. The molecule has 30 heavy (non-hydrogen) atoms. The Hall–Kier alpha value is -2.20. The number of hydrogen-bond donors (Lipinski definition) is 1. The Bertz CT molecular complexity index is 918. The summed E-state index contributed by atoms with van der Waals surface area (Å²) in [6.45, 7) is 3.49. The molecule has 2 saturated heterocycles. The Labute approximate surface area is 176 Å². The first-order valence-corrected chi connectivity index (χ1v) is 10.2. The first kappa shape index (κ1) is 21.0. The van der Waals surface area contributed by atoms with Crippen molar-refractivity contribution < 1.29 is 31.9 Å². The monoisotopic (exact) mass is 445 g/mol. The maximum absolute atomic E-state index is 13.9. The molecule has 4 rings (SSSR count). The van der Waals surface area contributed by atoms with Gasteiger partial charge in [0, 0.05) is 24.4 Å². The lowest BCUT2D eigenvalue weighted by Crippen LogP contribution is -2.65. The highest BCUT2D eigenvalue weighted by Crippen LogP contribution is 2.30. The number of nitrogens with one attached hydrogen (secondary N) is 1. The number of amidine groups is 1. The first-order valence-electron chi connectivity index (χ1n) is 9.81. The molecule has 0 unspecified atom stereocenters. The second-order valence-electron chi connectivity index (χ2n) is 7.72. The van der Waals surface area contributed by atoms with E-state index in [9.17, 15) is 18.0 Å². The number of rotatable bonds is 2. The number of ether oxygens (including phenoxy) is 1. The molecule has 1 amide bonds. The number of morpholine rings is 1. The van der Waals surface area contributed by atoms with Crippen molar-refractivity contribution in [2.75, 3.05) is 26.3 Å². The minimum atomic E-state index is -4.44. The summed E-state index contributed by atoms with van der Waals surface area (Å²) >= 11 is 5.98. The fourth-order valence-corrected chi connectivity index (χ4v) is 4.37. The summed E-state index contributed by atoms with van der Waals surface area (Å²) in [5, 5.41) is 3.50. The van der Waals surface area contributed by atoms with Crippen LogP contribution in [0.3, 0.4) is 0 Å². The summed E-state index contributed by atoms with van der Waals surface area (Å²) in [4.78, 5) is 18.2. The van der Waals surface area contributed by atoms with Gasteiger partial charge in [-0.2, -0.15) is 13.2 Å². The van der Waals surface area contributed by atoms with E-state index < -0.39 is 12.2 Å². The highest BCUT2D eigenvalue weighted by atomic mass is 35.5. The van der Waals surface area contributed by atoms with Crippen molar-refractivity contribution in [3.63, 3.8) is 0 Å². The van der Waals surface area contributed by atoms with Crippen molar-refractivity contribution in [3.8, 4) is 0 Å². The number of fused-ring (bicyclic) bond motifs is 1. The van der Waals surface area contributed by atoms with Gasteiger partial charge in [0.05, 0.1) is 31.3 Å². The minimum absolute atomic E-state index is 0.0155. The maximum Gasteiger partial charge on any atom is 0.422 e. The van der Waals surface area contributed by atoms with Crippen LogP contribution in [-0.2, 0) is 16.1 Å². The summed E-state index contributed by atoms with van der Waals surface area (Å²) in [6, 6.07) is -0.112. The number of hydrogen-bond acceptors (Lipinski definition) is 3. The van der Waals surface area contributed by atoms with Crippen LogP contribution in [-0.4, -0.2) is 81.3 Å². The Morgan fingerprint density at radius 1 is 1.40 bits per heavy atom. The van der Waals surface area contributed by atoms with E-state index in [0.29, 0.717) is 36.2 Å². The van der Waals surface area contributed by atoms with Crippen LogP contribution in [0.4, 0.5) is 13.2 Å². The summed E-state index contributed by atoms with van der Waals surface area (Å²) < 4.78 is 50.3. The largest absolute Gasteiger partial charge is 0.422 e. The molecule has 4 heterocycles. The van der Waals surface area contributed by atoms with Gasteiger partial charge >= 0.3 is 12.1 Å². The number of pyridine rings is 1. The first-order chi connectivity index (χ1) is 14.2. The number of carbonyl (C=O) groups is 1. The van der Waals surface area contributed by atoms with Crippen molar-refractivity contribution in [2.45, 2.75) is 44.6 Å². The predicted molar refractivity (Wildman–Crippen MR) is 103 cm³/mol. The lowest BCUT2D eigenvalue weighted by Gasteiger charge is -2.36. The number of amides is 1. The predicted octanol–water partition coefficient (Wildman–Crippen LogP) is 1.59. The Kier molecular flexibility index (Phi) is 5.71. The lowest BCUT2D eigenvalue weighted by molar-refractivity contribution is -0.624. The third-order valence-electron chi connectivity index (χ3n) is 5.61. The average molecular weight is 446 g/mol. The second-order valence-corrected chi connectivity index (χ2v) is 8.16. The topological polar surface area (TPSA) is 60.5 Å². The van der Waals surface area contributed by atoms with Gasteiger partial charge in [-0.05, 0) is 13.0 Å². The molecule has 162 valence electrons. The molecular formula is C19H23ClF3N5O2+2. The van der Waals surface area contributed by atoms with Gasteiger partial charge in [0.2, 0.25) is 5.84 Å². The highest BCUT2D eigenvalue weighted by molar-refractivity contribution is 6.30. The minimum Gasteiger partial charge on any atom is -0.373 e. The van der Waals surface area contributed by atoms with Gasteiger partial charge in [0.1, 0.15) is 19.0 Å². The Balaban J connectivity index is 1.79. The van der Waals surface area contributed by atoms with Gasteiger partial charge in [-0.3, -0.25) is 14.4 Å². The van der Waals surface area contributed by atoms with Gasteiger partial charge in [-0.25, -0.2) is 14.8 Å². The zero-order valence-corrected chi connectivity index (χ0v) is 17.2. The average Bonchev–Trinajstić information content (AvgIpc) is 2.68. The van der Waals surface area contributed by atoms with Gasteiger partial charge in [-0.15, -0.1) is 0 Å². The number of aromatic nitrogens is 1. The van der Waals surface area contributed by atoms with Crippen LogP contribution < -0.4 is 5.32 Å². The van der Waals surface area contributed by atoms with Crippen LogP contribution in [0.2, 0.25) is 5.02 Å². The van der Waals surface area contributed by atoms with Crippen LogP contribution in [0.25, 0.3) is 0 Å². The number of halogens is 4. The summed E-state index contributed by atoms with van der Waals surface area (Å²) in [5.41, 5.74) is 0.534. The van der Waals surface area contributed by atoms with Crippen molar-refractivity contribution in [3.05, 3.63) is 29.0 Å². The molecule has 11 heteroatoms. The smallest absolute Gasteiger partial charge is 0.373 e. The number of nitrogens with zero attached hydrogens (tertiary/aromatic N) is 4. The maximum atomic E-state index is 13.9. The number of guanidine groups is 1. The van der Waals surface area contributed by atoms with Crippen LogP contribution in [0.5, 0.6) is 0 Å². The molecule has 1 aromatic rings. The summed E-state index contributed by atoms with van der Waals surface area (Å²) in [6.07, 6.45) is -1.61. The molecule has 0 aromatic carbocycles.